The number of terminal acetylenes is 1. The molecule has 0 saturated heterocycles. The number of rotatable bonds is 13. The minimum absolute atomic E-state index is 0.00732. The van der Waals surface area contributed by atoms with Crippen LogP contribution in [0.2, 0.25) is 0 Å². The summed E-state index contributed by atoms with van der Waals surface area (Å²) in [5.41, 5.74) is 10.8. The number of nitrogens with zero attached hydrogens (tertiary/aromatic N) is 2. The fraction of sp³-hybridized carbons (Fsp3) is 0.524. The van der Waals surface area contributed by atoms with Crippen LogP contribution in [0.25, 0.3) is 0 Å². The first-order valence-corrected chi connectivity index (χ1v) is 11.0. The molecule has 0 aromatic carbocycles. The number of hydrogen-bond acceptors (Lipinski definition) is 10. The van der Waals surface area contributed by atoms with Gasteiger partial charge in [-0.3, -0.25) is 24.0 Å². The number of amides is 4. The van der Waals surface area contributed by atoms with E-state index in [2.05, 4.69) is 38.9 Å². The number of aliphatic carboxylic acids is 3. The Balaban J connectivity index is -0.00000136. The molecule has 17 nitrogen and oxygen atoms in total. The Morgan fingerprint density at radius 2 is 1.53 bits per heavy atom. The Kier molecular flexibility index (Phi) is 22.6. The number of urea groups is 1. The highest BCUT2D eigenvalue weighted by molar-refractivity contribution is 5.89. The molecule has 38 heavy (non-hydrogen) atoms. The zero-order valence-electron chi connectivity index (χ0n) is 21.3. The van der Waals surface area contributed by atoms with E-state index in [-0.39, 0.29) is 37.5 Å². The highest BCUT2D eigenvalue weighted by atomic mass is 16.5. The molecule has 0 aliphatic rings. The molecule has 0 radical (unpaired) electrons. The van der Waals surface area contributed by atoms with Gasteiger partial charge in [0.05, 0.1) is 12.6 Å². The molecular weight excluding hydrogens is 510 g/mol. The van der Waals surface area contributed by atoms with Gasteiger partial charge in [-0.15, -0.1) is 12.8 Å². The van der Waals surface area contributed by atoms with Crippen LogP contribution in [0.3, 0.4) is 0 Å². The van der Waals surface area contributed by atoms with Crippen molar-refractivity contribution in [2.24, 2.45) is 11.5 Å². The third-order valence-corrected chi connectivity index (χ3v) is 3.60. The van der Waals surface area contributed by atoms with Crippen molar-refractivity contribution in [3.63, 3.8) is 0 Å². The van der Waals surface area contributed by atoms with Crippen LogP contribution in [-0.2, 0) is 30.5 Å². The number of carbonyl (C=O) groups is 6. The molecule has 0 aliphatic heterocycles. The largest absolute Gasteiger partial charge is 0.481 e. The summed E-state index contributed by atoms with van der Waals surface area (Å²) in [5, 5.41) is 35.0. The average Bonchev–Trinajstić information content (AvgIpc) is 3.33. The van der Waals surface area contributed by atoms with Gasteiger partial charge in [0.1, 0.15) is 12.6 Å². The smallest absolute Gasteiger partial charge is 0.322 e. The molecule has 1 rings (SSSR count). The van der Waals surface area contributed by atoms with Crippen molar-refractivity contribution in [1.29, 1.82) is 0 Å². The van der Waals surface area contributed by atoms with Gasteiger partial charge in [0.2, 0.25) is 17.7 Å². The summed E-state index contributed by atoms with van der Waals surface area (Å²) in [4.78, 5) is 68.9. The van der Waals surface area contributed by atoms with Crippen LogP contribution in [0.15, 0.2) is 4.52 Å². The summed E-state index contributed by atoms with van der Waals surface area (Å²) in [6.45, 7) is 4.16. The van der Waals surface area contributed by atoms with Crippen molar-refractivity contribution in [3.8, 4) is 12.8 Å². The van der Waals surface area contributed by atoms with E-state index in [9.17, 15) is 24.0 Å². The minimum atomic E-state index is -1.30. The molecular formula is C21H35N7O10. The van der Waals surface area contributed by atoms with Crippen LogP contribution in [-0.4, -0.2) is 73.8 Å². The number of aromatic nitrogens is 2. The normalized spacial score (nSPS) is 10.7. The fourth-order valence-corrected chi connectivity index (χ4v) is 2.11. The Hall–Kier alpha value is -4.72. The van der Waals surface area contributed by atoms with Crippen molar-refractivity contribution in [3.05, 3.63) is 11.7 Å². The molecule has 0 saturated carbocycles. The van der Waals surface area contributed by atoms with Gasteiger partial charge in [0, 0.05) is 19.8 Å². The van der Waals surface area contributed by atoms with Gasteiger partial charge >= 0.3 is 18.0 Å². The number of primary amides is 1. The van der Waals surface area contributed by atoms with Crippen molar-refractivity contribution >= 4 is 35.8 Å². The molecule has 4 amide bonds. The summed E-state index contributed by atoms with van der Waals surface area (Å²) in [7, 11) is 0. The monoisotopic (exact) mass is 545 g/mol. The Labute approximate surface area is 218 Å². The van der Waals surface area contributed by atoms with E-state index in [4.69, 9.17) is 36.1 Å². The summed E-state index contributed by atoms with van der Waals surface area (Å²) < 4.78 is 4.92. The molecule has 2 atom stereocenters. The topological polar surface area (TPSA) is 290 Å². The van der Waals surface area contributed by atoms with Crippen LogP contribution in [0.5, 0.6) is 0 Å². The van der Waals surface area contributed by atoms with E-state index in [0.29, 0.717) is 0 Å². The third-order valence-electron chi connectivity index (χ3n) is 3.60. The van der Waals surface area contributed by atoms with Gasteiger partial charge in [-0.05, 0) is 12.8 Å². The van der Waals surface area contributed by atoms with E-state index in [1.54, 1.807) is 0 Å². The molecule has 1 heterocycles. The Morgan fingerprint density at radius 1 is 0.974 bits per heavy atom. The second-order valence-electron chi connectivity index (χ2n) is 6.60. The summed E-state index contributed by atoms with van der Waals surface area (Å²) in [5.74, 6) is -4.61. The molecule has 0 aliphatic carbocycles. The number of hydrogen-bond donors (Lipinski definition) is 8. The average molecular weight is 546 g/mol. The van der Waals surface area contributed by atoms with Crippen LogP contribution >= 0.6 is 0 Å². The first-order valence-electron chi connectivity index (χ1n) is 11.0. The van der Waals surface area contributed by atoms with Crippen molar-refractivity contribution in [2.75, 3.05) is 6.54 Å². The summed E-state index contributed by atoms with van der Waals surface area (Å²) in [6, 6.07) is -2.82. The van der Waals surface area contributed by atoms with Crippen LogP contribution in [0.1, 0.15) is 64.2 Å². The van der Waals surface area contributed by atoms with Crippen LogP contribution in [0.4, 0.5) is 4.79 Å². The first-order chi connectivity index (χ1) is 17.8. The maximum atomic E-state index is 12.0. The van der Waals surface area contributed by atoms with Crippen LogP contribution < -0.4 is 27.4 Å². The molecule has 0 unspecified atom stereocenters. The van der Waals surface area contributed by atoms with Gasteiger partial charge < -0.3 is 47.3 Å². The van der Waals surface area contributed by atoms with Gasteiger partial charge in [-0.2, -0.15) is 4.98 Å². The lowest BCUT2D eigenvalue weighted by molar-refractivity contribution is -0.139. The summed E-state index contributed by atoms with van der Waals surface area (Å²) in [6.07, 6.45) is 7.56. The molecule has 0 fully saturated rings. The zero-order valence-corrected chi connectivity index (χ0v) is 21.3. The zero-order chi connectivity index (χ0) is 30.3. The Morgan fingerprint density at radius 3 is 2.00 bits per heavy atom. The number of nitrogens with two attached hydrogens (primary N) is 2. The lowest BCUT2D eigenvalue weighted by Gasteiger charge is -2.17. The fourth-order valence-electron chi connectivity index (χ4n) is 2.11. The molecule has 1 aromatic rings. The molecule has 17 heteroatoms. The molecule has 0 spiro atoms. The van der Waals surface area contributed by atoms with Gasteiger partial charge in [0.25, 0.3) is 5.97 Å². The predicted molar refractivity (Wildman–Crippen MR) is 131 cm³/mol. The highest BCUT2D eigenvalue weighted by Gasteiger charge is 2.22. The maximum absolute atomic E-state index is 12.0. The lowest BCUT2D eigenvalue weighted by Crippen LogP contribution is -2.50. The number of carbonyl (C=O) groups excluding carboxylic acids is 3. The lowest BCUT2D eigenvalue weighted by atomic mass is 10.1. The SMILES string of the molecule is C#C.CC.CC(=O)O.NC(=O)CC[C@H](N)c1noc(CNC(=O)N[C@@H](CCC(=O)O)C(=O)NCC(=O)O)n1. The molecule has 214 valence electrons. The van der Waals surface area contributed by atoms with E-state index in [1.807, 2.05) is 13.8 Å². The first kappa shape index (κ1) is 37.8. The van der Waals surface area contributed by atoms with E-state index in [1.165, 1.54) is 0 Å². The van der Waals surface area contributed by atoms with Crippen molar-refractivity contribution < 1.29 is 48.6 Å². The van der Waals surface area contributed by atoms with E-state index in [0.717, 1.165) is 6.92 Å². The van der Waals surface area contributed by atoms with Gasteiger partial charge in [0.15, 0.2) is 5.82 Å². The maximum Gasteiger partial charge on any atom is 0.322 e. The van der Waals surface area contributed by atoms with Gasteiger partial charge in [-0.1, -0.05) is 19.0 Å². The minimum Gasteiger partial charge on any atom is -0.481 e. The summed E-state index contributed by atoms with van der Waals surface area (Å²) >= 11 is 0. The quantitative estimate of drug-likeness (QED) is 0.137. The molecule has 1 aromatic heterocycles. The van der Waals surface area contributed by atoms with E-state index >= 15 is 0 Å². The standard InChI is InChI=1S/C15H23N7O8.C2H4O2.C2H6.C2H2/c16-7(1-3-9(17)23)13-21-10(30-22-13)5-19-15(29)20-8(2-4-11(24)25)14(28)18-6-12(26)27;1-2(3)4;2*1-2/h7-8H,1-6,16H2,(H2,17,23)(H,18,28)(H,24,25)(H,26,27)(H2,19,20,29);1H3,(H,3,4);1-2H3;1-2H/t7-,8-;;;/m0.../s1. The van der Waals surface area contributed by atoms with Crippen LogP contribution in [0, 0.1) is 12.8 Å². The van der Waals surface area contributed by atoms with Gasteiger partial charge in [-0.25, -0.2) is 4.79 Å². The number of carboxylic acids is 3. The second kappa shape index (κ2) is 22.7. The Bertz CT molecular complexity index is 913. The van der Waals surface area contributed by atoms with E-state index < -0.39 is 60.8 Å². The number of carboxylic acid groups (broad SMARTS) is 3. The highest BCUT2D eigenvalue weighted by Crippen LogP contribution is 2.12. The molecule has 10 N–H and O–H groups in total. The predicted octanol–water partition coefficient (Wildman–Crippen LogP) is -1.07. The van der Waals surface area contributed by atoms with Crippen molar-refractivity contribution in [1.82, 2.24) is 26.1 Å². The number of nitrogens with one attached hydrogen (secondary N) is 3. The van der Waals surface area contributed by atoms with Crippen molar-refractivity contribution in [2.45, 2.75) is 65.1 Å². The second-order valence-corrected chi connectivity index (χ2v) is 6.60. The molecule has 0 bridgehead atoms. The third kappa shape index (κ3) is 21.8.